The van der Waals surface area contributed by atoms with Crippen molar-refractivity contribution < 1.29 is 28.5 Å². The van der Waals surface area contributed by atoms with Gasteiger partial charge in [0, 0.05) is 24.2 Å². The van der Waals surface area contributed by atoms with E-state index in [9.17, 15) is 9.59 Å². The Morgan fingerprint density at radius 3 is 2.00 bits per heavy atom. The van der Waals surface area contributed by atoms with Crippen molar-refractivity contribution in [3.8, 4) is 11.5 Å². The number of nitrogens with one attached hydrogen (secondary N) is 2. The second-order valence-electron chi connectivity index (χ2n) is 13.9. The van der Waals surface area contributed by atoms with E-state index in [-0.39, 0.29) is 12.2 Å². The van der Waals surface area contributed by atoms with Gasteiger partial charge in [0.15, 0.2) is 0 Å². The number of carbonyl (C=O) groups excluding carboxylic acids is 2. The van der Waals surface area contributed by atoms with Crippen LogP contribution in [0.25, 0.3) is 5.57 Å². The molecule has 2 aliphatic carbocycles. The molecule has 0 radical (unpaired) electrons. The highest BCUT2D eigenvalue weighted by atomic mass is 16.6. The zero-order chi connectivity index (χ0) is 33.7. The van der Waals surface area contributed by atoms with E-state index in [1.165, 1.54) is 27.8 Å². The Labute approximate surface area is 276 Å². The molecular weight excluding hydrogens is 580 g/mol. The molecule has 0 heterocycles. The van der Waals surface area contributed by atoms with Crippen molar-refractivity contribution in [1.29, 1.82) is 0 Å². The van der Waals surface area contributed by atoms with Crippen LogP contribution in [0.5, 0.6) is 11.5 Å². The van der Waals surface area contributed by atoms with Gasteiger partial charge in [0.05, 0.1) is 13.2 Å². The van der Waals surface area contributed by atoms with E-state index in [1.54, 1.807) is 0 Å². The maximum absolute atomic E-state index is 11.7. The second-order valence-corrected chi connectivity index (χ2v) is 13.9. The molecule has 4 rings (SSSR count). The molecule has 1 atom stereocenters. The summed E-state index contributed by atoms with van der Waals surface area (Å²) in [6.45, 7) is 18.0. The summed E-state index contributed by atoms with van der Waals surface area (Å²) in [5, 5.41) is 5.64. The minimum absolute atomic E-state index is 0.341. The molecule has 0 aromatic heterocycles. The number of rotatable bonds is 11. The SMILES string of the molecule is CCCOc1cccc2c1/C(=C/CNC(=O)OC(C)(C)C)CC2.CCCOc1cccc2c1C(CCNC(=O)OC(C)(C)C)CC2. The van der Waals surface area contributed by atoms with Crippen LogP contribution >= 0.6 is 0 Å². The normalized spacial score (nSPS) is 16.1. The Kier molecular flexibility index (Phi) is 13.8. The van der Waals surface area contributed by atoms with Crippen molar-refractivity contribution in [2.45, 2.75) is 117 Å². The summed E-state index contributed by atoms with van der Waals surface area (Å²) in [5.74, 6) is 2.42. The highest BCUT2D eigenvalue weighted by Crippen LogP contribution is 2.41. The predicted molar refractivity (Wildman–Crippen MR) is 185 cm³/mol. The second kappa shape index (κ2) is 17.3. The number of ether oxygens (including phenoxy) is 4. The zero-order valence-corrected chi connectivity index (χ0v) is 29.3. The lowest BCUT2D eigenvalue weighted by molar-refractivity contribution is 0.0518. The van der Waals surface area contributed by atoms with Crippen LogP contribution in [0, 0.1) is 0 Å². The maximum Gasteiger partial charge on any atom is 0.407 e. The van der Waals surface area contributed by atoms with Crippen LogP contribution in [-0.4, -0.2) is 49.7 Å². The summed E-state index contributed by atoms with van der Waals surface area (Å²) in [7, 11) is 0. The number of aryl methyl sites for hydroxylation is 2. The number of hydrogen-bond acceptors (Lipinski definition) is 6. The molecule has 2 amide bonds. The lowest BCUT2D eigenvalue weighted by atomic mass is 9.97. The third-order valence-corrected chi connectivity index (χ3v) is 7.50. The average Bonchev–Trinajstić information content (AvgIpc) is 3.58. The summed E-state index contributed by atoms with van der Waals surface area (Å²) in [4.78, 5) is 23.4. The summed E-state index contributed by atoms with van der Waals surface area (Å²) in [6.07, 6.45) is 8.47. The van der Waals surface area contributed by atoms with Crippen molar-refractivity contribution in [1.82, 2.24) is 10.6 Å². The molecule has 0 aliphatic heterocycles. The number of carbonyl (C=O) groups is 2. The third-order valence-electron chi connectivity index (χ3n) is 7.50. The van der Waals surface area contributed by atoms with E-state index in [4.69, 9.17) is 18.9 Å². The number of amides is 2. The van der Waals surface area contributed by atoms with E-state index in [0.29, 0.717) is 19.0 Å². The molecule has 46 heavy (non-hydrogen) atoms. The van der Waals surface area contributed by atoms with Gasteiger partial charge in [0.1, 0.15) is 22.7 Å². The van der Waals surface area contributed by atoms with Gasteiger partial charge < -0.3 is 29.6 Å². The Morgan fingerprint density at radius 2 is 1.37 bits per heavy atom. The first-order valence-electron chi connectivity index (χ1n) is 16.9. The molecule has 2 aromatic rings. The number of hydrogen-bond donors (Lipinski definition) is 2. The van der Waals surface area contributed by atoms with Gasteiger partial charge in [-0.3, -0.25) is 0 Å². The van der Waals surface area contributed by atoms with Crippen molar-refractivity contribution in [3.63, 3.8) is 0 Å². The fraction of sp³-hybridized carbons (Fsp3) is 0.579. The molecule has 1 unspecified atom stereocenters. The number of benzene rings is 2. The van der Waals surface area contributed by atoms with Crippen molar-refractivity contribution in [2.24, 2.45) is 0 Å². The molecule has 0 saturated carbocycles. The van der Waals surface area contributed by atoms with Gasteiger partial charge in [-0.1, -0.05) is 44.2 Å². The van der Waals surface area contributed by atoms with E-state index in [2.05, 4.69) is 54.8 Å². The Balaban J connectivity index is 0.000000250. The quantitative estimate of drug-likeness (QED) is 0.256. The van der Waals surface area contributed by atoms with Crippen LogP contribution in [0.2, 0.25) is 0 Å². The first kappa shape index (κ1) is 36.8. The van der Waals surface area contributed by atoms with E-state index in [1.807, 2.05) is 53.7 Å². The van der Waals surface area contributed by atoms with Gasteiger partial charge in [-0.05, 0) is 121 Å². The Morgan fingerprint density at radius 1 is 0.783 bits per heavy atom. The third kappa shape index (κ3) is 11.9. The van der Waals surface area contributed by atoms with Crippen molar-refractivity contribution in [2.75, 3.05) is 26.3 Å². The first-order chi connectivity index (χ1) is 21.8. The van der Waals surface area contributed by atoms with E-state index in [0.717, 1.165) is 69.7 Å². The summed E-state index contributed by atoms with van der Waals surface area (Å²) < 4.78 is 22.3. The van der Waals surface area contributed by atoms with Gasteiger partial charge in [0.25, 0.3) is 0 Å². The summed E-state index contributed by atoms with van der Waals surface area (Å²) >= 11 is 0. The molecule has 8 nitrogen and oxygen atoms in total. The largest absolute Gasteiger partial charge is 0.493 e. The zero-order valence-electron chi connectivity index (χ0n) is 29.3. The molecule has 0 spiro atoms. The number of fused-ring (bicyclic) bond motifs is 2. The van der Waals surface area contributed by atoms with Gasteiger partial charge in [-0.25, -0.2) is 9.59 Å². The summed E-state index contributed by atoms with van der Waals surface area (Å²) in [6, 6.07) is 12.5. The van der Waals surface area contributed by atoms with Gasteiger partial charge >= 0.3 is 12.2 Å². The van der Waals surface area contributed by atoms with Crippen LogP contribution in [0.3, 0.4) is 0 Å². The first-order valence-corrected chi connectivity index (χ1v) is 16.9. The topological polar surface area (TPSA) is 95.1 Å². The van der Waals surface area contributed by atoms with Crippen LogP contribution < -0.4 is 20.1 Å². The molecule has 254 valence electrons. The van der Waals surface area contributed by atoms with Crippen molar-refractivity contribution in [3.05, 3.63) is 64.7 Å². The van der Waals surface area contributed by atoms with Crippen LogP contribution in [0.4, 0.5) is 9.59 Å². The maximum atomic E-state index is 11.7. The summed E-state index contributed by atoms with van der Waals surface area (Å²) in [5.41, 5.74) is 5.56. The predicted octanol–water partition coefficient (Wildman–Crippen LogP) is 8.75. The molecule has 2 N–H and O–H groups in total. The molecule has 0 saturated heterocycles. The monoisotopic (exact) mass is 636 g/mol. The lowest BCUT2D eigenvalue weighted by Crippen LogP contribution is -2.33. The van der Waals surface area contributed by atoms with Gasteiger partial charge in [0.2, 0.25) is 0 Å². The Hall–Kier alpha value is -3.68. The molecular formula is C38H56N2O6. The average molecular weight is 637 g/mol. The van der Waals surface area contributed by atoms with Crippen LogP contribution in [0.15, 0.2) is 42.5 Å². The minimum Gasteiger partial charge on any atom is -0.493 e. The lowest BCUT2D eigenvalue weighted by Gasteiger charge is -2.20. The van der Waals surface area contributed by atoms with Gasteiger partial charge in [-0.15, -0.1) is 0 Å². The highest BCUT2D eigenvalue weighted by molar-refractivity contribution is 5.77. The molecule has 0 bridgehead atoms. The fourth-order valence-corrected chi connectivity index (χ4v) is 5.69. The minimum atomic E-state index is -0.474. The van der Waals surface area contributed by atoms with E-state index >= 15 is 0 Å². The van der Waals surface area contributed by atoms with Crippen LogP contribution in [0.1, 0.15) is 116 Å². The smallest absolute Gasteiger partial charge is 0.407 e. The number of allylic oxidation sites excluding steroid dienone is 1. The molecule has 0 fully saturated rings. The molecule has 8 heteroatoms. The number of alkyl carbamates (subject to hydrolysis) is 2. The van der Waals surface area contributed by atoms with Gasteiger partial charge in [-0.2, -0.15) is 0 Å². The van der Waals surface area contributed by atoms with E-state index < -0.39 is 11.2 Å². The highest BCUT2D eigenvalue weighted by Gasteiger charge is 2.26. The molecule has 2 aliphatic rings. The molecule has 2 aromatic carbocycles. The van der Waals surface area contributed by atoms with Crippen LogP contribution in [-0.2, 0) is 22.3 Å². The Bertz CT molecular complexity index is 1320. The fourth-order valence-electron chi connectivity index (χ4n) is 5.69. The standard InChI is InChI=1S/C19H29NO3.C19H27NO3/c2*1-5-13-22-16-8-6-7-14-9-10-15(17(14)16)11-12-20-18(21)23-19(2,3)4/h6-8,15H,5,9-13H2,1-4H3,(H,20,21);6-8,11H,5,9-10,12-13H2,1-4H3,(H,20,21)/b;15-11+. The van der Waals surface area contributed by atoms with Crippen molar-refractivity contribution >= 4 is 17.8 Å².